The number of benzene rings is 2. The Kier molecular flexibility index (Phi) is 3.13. The summed E-state index contributed by atoms with van der Waals surface area (Å²) in [6, 6.07) is 15.1. The SMILES string of the molecule is O=C(Cl)C1Oc2ccccc2Cc2ccccc2O1. The number of carbonyl (C=O) groups is 1. The highest BCUT2D eigenvalue weighted by Crippen LogP contribution is 2.31. The first kappa shape index (κ1) is 12.1. The second-order valence-electron chi connectivity index (χ2n) is 4.26. The molecule has 1 heterocycles. The molecule has 0 spiro atoms. The Morgan fingerprint density at radius 2 is 1.42 bits per heavy atom. The number of hydrogen-bond donors (Lipinski definition) is 0. The second kappa shape index (κ2) is 4.94. The van der Waals surface area contributed by atoms with Crippen LogP contribution in [0.1, 0.15) is 11.1 Å². The van der Waals surface area contributed by atoms with Crippen LogP contribution >= 0.6 is 11.6 Å². The average molecular weight is 275 g/mol. The number of carbonyl (C=O) groups excluding carboxylic acids is 1. The van der Waals surface area contributed by atoms with E-state index in [1.807, 2.05) is 36.4 Å². The molecule has 0 fully saturated rings. The Bertz CT molecular complexity index is 577. The Balaban J connectivity index is 2.10. The van der Waals surface area contributed by atoms with Crippen LogP contribution in [0.3, 0.4) is 0 Å². The summed E-state index contributed by atoms with van der Waals surface area (Å²) >= 11 is 5.53. The normalized spacial score (nSPS) is 14.2. The van der Waals surface area contributed by atoms with Crippen LogP contribution in [0, 0.1) is 0 Å². The molecule has 0 atom stereocenters. The largest absolute Gasteiger partial charge is 0.447 e. The van der Waals surface area contributed by atoms with Crippen molar-refractivity contribution in [2.45, 2.75) is 12.7 Å². The highest BCUT2D eigenvalue weighted by Gasteiger charge is 2.25. The van der Waals surface area contributed by atoms with Crippen LogP contribution in [-0.4, -0.2) is 11.5 Å². The van der Waals surface area contributed by atoms with E-state index in [9.17, 15) is 4.79 Å². The summed E-state index contributed by atoms with van der Waals surface area (Å²) in [5, 5.41) is -0.675. The third-order valence-electron chi connectivity index (χ3n) is 2.98. The Hall–Kier alpha value is -2.00. The second-order valence-corrected chi connectivity index (χ2v) is 4.64. The van der Waals surface area contributed by atoms with Gasteiger partial charge in [0.15, 0.2) is 0 Å². The molecule has 2 aromatic carbocycles. The summed E-state index contributed by atoms with van der Waals surface area (Å²) < 4.78 is 11.1. The van der Waals surface area contributed by atoms with E-state index < -0.39 is 11.5 Å². The Labute approximate surface area is 115 Å². The van der Waals surface area contributed by atoms with E-state index >= 15 is 0 Å². The number of para-hydroxylation sites is 2. The zero-order valence-electron chi connectivity index (χ0n) is 10.0. The molecule has 0 bridgehead atoms. The Morgan fingerprint density at radius 3 is 1.89 bits per heavy atom. The number of hydrogen-bond acceptors (Lipinski definition) is 3. The third-order valence-corrected chi connectivity index (χ3v) is 3.16. The van der Waals surface area contributed by atoms with Gasteiger partial charge in [-0.2, -0.15) is 0 Å². The molecule has 3 nitrogen and oxygen atoms in total. The minimum absolute atomic E-state index is 0.621. The predicted molar refractivity (Wildman–Crippen MR) is 71.6 cm³/mol. The van der Waals surface area contributed by atoms with Crippen LogP contribution in [-0.2, 0) is 11.2 Å². The quantitative estimate of drug-likeness (QED) is 0.750. The lowest BCUT2D eigenvalue weighted by atomic mass is 10.0. The van der Waals surface area contributed by atoms with Crippen molar-refractivity contribution in [3.8, 4) is 11.5 Å². The van der Waals surface area contributed by atoms with E-state index in [0.29, 0.717) is 17.9 Å². The fourth-order valence-electron chi connectivity index (χ4n) is 2.08. The van der Waals surface area contributed by atoms with Gasteiger partial charge in [0.05, 0.1) is 0 Å². The highest BCUT2D eigenvalue weighted by molar-refractivity contribution is 6.64. The van der Waals surface area contributed by atoms with Crippen LogP contribution < -0.4 is 9.47 Å². The van der Waals surface area contributed by atoms with Gasteiger partial charge in [0.2, 0.25) is 0 Å². The van der Waals surface area contributed by atoms with Crippen LogP contribution in [0.2, 0.25) is 0 Å². The van der Waals surface area contributed by atoms with E-state index in [2.05, 4.69) is 0 Å². The van der Waals surface area contributed by atoms with Crippen molar-refractivity contribution in [2.75, 3.05) is 0 Å². The molecular formula is C15H11ClO3. The van der Waals surface area contributed by atoms with Crippen LogP contribution in [0.25, 0.3) is 0 Å². The minimum atomic E-state index is -1.12. The molecule has 2 aromatic rings. The van der Waals surface area contributed by atoms with Crippen LogP contribution in [0.4, 0.5) is 0 Å². The zero-order valence-corrected chi connectivity index (χ0v) is 10.8. The van der Waals surface area contributed by atoms with Crippen LogP contribution in [0.15, 0.2) is 48.5 Å². The smallest absolute Gasteiger partial charge is 0.316 e. The molecule has 0 aliphatic carbocycles. The van der Waals surface area contributed by atoms with Crippen molar-refractivity contribution >= 4 is 16.8 Å². The highest BCUT2D eigenvalue weighted by atomic mass is 35.5. The lowest BCUT2D eigenvalue weighted by molar-refractivity contribution is -0.129. The molecule has 0 saturated heterocycles. The molecule has 4 heteroatoms. The van der Waals surface area contributed by atoms with Crippen molar-refractivity contribution in [3.63, 3.8) is 0 Å². The maximum atomic E-state index is 11.4. The molecule has 3 rings (SSSR count). The van der Waals surface area contributed by atoms with E-state index in [-0.39, 0.29) is 0 Å². The van der Waals surface area contributed by atoms with Crippen LogP contribution in [0.5, 0.6) is 11.5 Å². The molecule has 1 aliphatic heterocycles. The molecule has 96 valence electrons. The first-order valence-corrected chi connectivity index (χ1v) is 6.30. The lowest BCUT2D eigenvalue weighted by Crippen LogP contribution is -2.31. The van der Waals surface area contributed by atoms with Gasteiger partial charge in [0, 0.05) is 6.42 Å². The molecule has 0 N–H and O–H groups in total. The molecule has 0 unspecified atom stereocenters. The van der Waals surface area contributed by atoms with Gasteiger partial charge in [-0.25, -0.2) is 0 Å². The van der Waals surface area contributed by atoms with Crippen molar-refractivity contribution in [1.82, 2.24) is 0 Å². The number of ether oxygens (including phenoxy) is 2. The first-order valence-electron chi connectivity index (χ1n) is 5.92. The van der Waals surface area contributed by atoms with Gasteiger partial charge in [-0.1, -0.05) is 36.4 Å². The zero-order chi connectivity index (χ0) is 13.2. The van der Waals surface area contributed by atoms with Gasteiger partial charge in [0.1, 0.15) is 11.5 Å². The van der Waals surface area contributed by atoms with Gasteiger partial charge >= 0.3 is 11.5 Å². The Morgan fingerprint density at radius 1 is 0.947 bits per heavy atom. The third kappa shape index (κ3) is 2.42. The molecule has 0 aromatic heterocycles. The summed E-state index contributed by atoms with van der Waals surface area (Å²) in [5.41, 5.74) is 2.00. The number of halogens is 1. The van der Waals surface area contributed by atoms with Gasteiger partial charge in [-0.05, 0) is 34.9 Å². The van der Waals surface area contributed by atoms with Crippen molar-refractivity contribution in [1.29, 1.82) is 0 Å². The summed E-state index contributed by atoms with van der Waals surface area (Å²) in [7, 11) is 0. The lowest BCUT2D eigenvalue weighted by Gasteiger charge is -2.23. The van der Waals surface area contributed by atoms with Gasteiger partial charge in [-0.15, -0.1) is 0 Å². The van der Waals surface area contributed by atoms with Crippen molar-refractivity contribution < 1.29 is 14.3 Å². The molecule has 0 amide bonds. The average Bonchev–Trinajstić information content (AvgIpc) is 2.38. The monoisotopic (exact) mass is 274 g/mol. The molecule has 0 saturated carbocycles. The molecule has 0 radical (unpaired) electrons. The summed E-state index contributed by atoms with van der Waals surface area (Å²) in [5.74, 6) is 1.24. The van der Waals surface area contributed by atoms with Crippen molar-refractivity contribution in [2.24, 2.45) is 0 Å². The van der Waals surface area contributed by atoms with Gasteiger partial charge in [0.25, 0.3) is 0 Å². The number of rotatable bonds is 1. The van der Waals surface area contributed by atoms with Gasteiger partial charge in [-0.3, -0.25) is 4.79 Å². The topological polar surface area (TPSA) is 35.5 Å². The van der Waals surface area contributed by atoms with Gasteiger partial charge < -0.3 is 9.47 Å². The van der Waals surface area contributed by atoms with E-state index in [1.165, 1.54) is 0 Å². The standard InChI is InChI=1S/C15H11ClO3/c16-14(17)15-18-12-7-3-1-5-10(12)9-11-6-2-4-8-13(11)19-15/h1-8,15H,9H2. The predicted octanol–water partition coefficient (Wildman–Crippen LogP) is 3.14. The van der Waals surface area contributed by atoms with E-state index in [1.54, 1.807) is 12.1 Å². The summed E-state index contributed by atoms with van der Waals surface area (Å²) in [6.45, 7) is 0. The fourth-order valence-corrected chi connectivity index (χ4v) is 2.17. The molecular weight excluding hydrogens is 264 g/mol. The minimum Gasteiger partial charge on any atom is -0.447 e. The maximum Gasteiger partial charge on any atom is 0.316 e. The maximum absolute atomic E-state index is 11.4. The molecule has 19 heavy (non-hydrogen) atoms. The van der Waals surface area contributed by atoms with E-state index in [0.717, 1.165) is 11.1 Å². The van der Waals surface area contributed by atoms with Crippen molar-refractivity contribution in [3.05, 3.63) is 59.7 Å². The van der Waals surface area contributed by atoms with E-state index in [4.69, 9.17) is 21.1 Å². The summed E-state index contributed by atoms with van der Waals surface area (Å²) in [6.07, 6.45) is -0.431. The fraction of sp³-hybridized carbons (Fsp3) is 0.133. The molecule has 1 aliphatic rings. The summed E-state index contributed by atoms with van der Waals surface area (Å²) in [4.78, 5) is 11.4. The number of fused-ring (bicyclic) bond motifs is 2. The first-order chi connectivity index (χ1) is 9.24.